The molecule has 2 rings (SSSR count). The molecule has 1 N–H and O–H groups in total. The Balaban J connectivity index is 2.07. The predicted molar refractivity (Wildman–Crippen MR) is 87.0 cm³/mol. The molecule has 1 aliphatic carbocycles. The molecule has 1 aromatic carbocycles. The molecule has 0 saturated heterocycles. The summed E-state index contributed by atoms with van der Waals surface area (Å²) in [4.78, 5) is 0. The Morgan fingerprint density at radius 3 is 2.67 bits per heavy atom. The summed E-state index contributed by atoms with van der Waals surface area (Å²) >= 11 is 0. The largest absolute Gasteiger partial charge is 0.493 e. The van der Waals surface area contributed by atoms with Crippen molar-refractivity contribution in [3.63, 3.8) is 0 Å². The summed E-state index contributed by atoms with van der Waals surface area (Å²) in [5.41, 5.74) is 1.23. The lowest BCUT2D eigenvalue weighted by molar-refractivity contribution is 0.0873. The van der Waals surface area contributed by atoms with E-state index < -0.39 is 0 Å². The van der Waals surface area contributed by atoms with E-state index >= 15 is 0 Å². The van der Waals surface area contributed by atoms with Crippen molar-refractivity contribution in [1.82, 2.24) is 5.32 Å². The molecule has 0 aromatic heterocycles. The number of nitrogens with one attached hydrogen (secondary N) is 1. The maximum atomic E-state index is 6.29. The van der Waals surface area contributed by atoms with E-state index in [2.05, 4.69) is 37.4 Å². The lowest BCUT2D eigenvalue weighted by atomic mass is 9.85. The lowest BCUT2D eigenvalue weighted by Gasteiger charge is -2.31. The van der Waals surface area contributed by atoms with E-state index in [4.69, 9.17) is 9.47 Å². The molecular formula is C18H29NO2. The number of ether oxygens (including phenoxy) is 2. The summed E-state index contributed by atoms with van der Waals surface area (Å²) in [5.74, 6) is 2.43. The second kappa shape index (κ2) is 8.28. The maximum Gasteiger partial charge on any atom is 0.161 e. The molecule has 2 atom stereocenters. The zero-order valence-corrected chi connectivity index (χ0v) is 13.7. The van der Waals surface area contributed by atoms with Gasteiger partial charge in [0.1, 0.15) is 6.10 Å². The van der Waals surface area contributed by atoms with Gasteiger partial charge in [-0.1, -0.05) is 26.3 Å². The Kier molecular flexibility index (Phi) is 6.37. The molecule has 0 bridgehead atoms. The van der Waals surface area contributed by atoms with Crippen LogP contribution in [0.2, 0.25) is 0 Å². The molecule has 0 amide bonds. The van der Waals surface area contributed by atoms with E-state index in [1.165, 1.54) is 37.7 Å². The lowest BCUT2D eigenvalue weighted by Crippen LogP contribution is -2.30. The van der Waals surface area contributed by atoms with E-state index in [0.717, 1.165) is 24.6 Å². The third-order valence-electron chi connectivity index (χ3n) is 4.45. The second-order valence-electron chi connectivity index (χ2n) is 5.87. The molecule has 0 heterocycles. The van der Waals surface area contributed by atoms with Gasteiger partial charge in [-0.05, 0) is 55.8 Å². The van der Waals surface area contributed by atoms with Crippen LogP contribution in [0.15, 0.2) is 18.2 Å². The van der Waals surface area contributed by atoms with E-state index in [9.17, 15) is 0 Å². The fourth-order valence-corrected chi connectivity index (χ4v) is 3.15. The first-order chi connectivity index (χ1) is 10.3. The van der Waals surface area contributed by atoms with Crippen molar-refractivity contribution in [1.29, 1.82) is 0 Å². The number of hydrogen-bond donors (Lipinski definition) is 1. The van der Waals surface area contributed by atoms with E-state index in [1.54, 1.807) is 7.11 Å². The van der Waals surface area contributed by atoms with Crippen LogP contribution in [0.1, 0.15) is 51.5 Å². The molecule has 3 nitrogen and oxygen atoms in total. The molecule has 1 aliphatic rings. The first-order valence-electron chi connectivity index (χ1n) is 8.32. The van der Waals surface area contributed by atoms with Crippen LogP contribution in [-0.2, 0) is 6.54 Å². The van der Waals surface area contributed by atoms with Crippen LogP contribution in [-0.4, -0.2) is 19.8 Å². The number of benzene rings is 1. The van der Waals surface area contributed by atoms with Crippen LogP contribution in [0.3, 0.4) is 0 Å². The highest BCUT2D eigenvalue weighted by atomic mass is 16.5. The smallest absolute Gasteiger partial charge is 0.161 e. The molecule has 2 unspecified atom stereocenters. The third kappa shape index (κ3) is 4.37. The Bertz CT molecular complexity index is 433. The third-order valence-corrected chi connectivity index (χ3v) is 4.45. The average Bonchev–Trinajstić information content (AvgIpc) is 2.54. The molecule has 21 heavy (non-hydrogen) atoms. The molecular weight excluding hydrogens is 262 g/mol. The summed E-state index contributed by atoms with van der Waals surface area (Å²) < 4.78 is 11.8. The summed E-state index contributed by atoms with van der Waals surface area (Å²) in [6.45, 7) is 6.22. The first kappa shape index (κ1) is 16.2. The molecule has 118 valence electrons. The quantitative estimate of drug-likeness (QED) is 0.818. The van der Waals surface area contributed by atoms with Crippen molar-refractivity contribution in [2.24, 2.45) is 5.92 Å². The van der Waals surface area contributed by atoms with Crippen LogP contribution in [0.4, 0.5) is 0 Å². The van der Waals surface area contributed by atoms with Crippen LogP contribution in [0, 0.1) is 5.92 Å². The van der Waals surface area contributed by atoms with Gasteiger partial charge in [0.2, 0.25) is 0 Å². The van der Waals surface area contributed by atoms with Crippen molar-refractivity contribution in [2.75, 3.05) is 13.7 Å². The van der Waals surface area contributed by atoms with Gasteiger partial charge in [0, 0.05) is 6.54 Å². The van der Waals surface area contributed by atoms with Gasteiger partial charge in [0.25, 0.3) is 0 Å². The Hall–Kier alpha value is -1.22. The molecule has 3 heteroatoms. The normalized spacial score (nSPS) is 22.0. The van der Waals surface area contributed by atoms with Crippen molar-refractivity contribution in [3.8, 4) is 11.5 Å². The Labute approximate surface area is 129 Å². The van der Waals surface area contributed by atoms with Crippen molar-refractivity contribution in [2.45, 2.75) is 58.6 Å². The monoisotopic (exact) mass is 291 g/mol. The highest BCUT2D eigenvalue weighted by molar-refractivity contribution is 5.43. The zero-order chi connectivity index (χ0) is 15.1. The van der Waals surface area contributed by atoms with Crippen LogP contribution >= 0.6 is 0 Å². The van der Waals surface area contributed by atoms with Gasteiger partial charge in [-0.25, -0.2) is 0 Å². The molecule has 0 spiro atoms. The van der Waals surface area contributed by atoms with Crippen LogP contribution < -0.4 is 14.8 Å². The first-order valence-corrected chi connectivity index (χ1v) is 8.32. The summed E-state index contributed by atoms with van der Waals surface area (Å²) in [5, 5.41) is 3.34. The predicted octanol–water partition coefficient (Wildman–Crippen LogP) is 4.15. The maximum absolute atomic E-state index is 6.29. The van der Waals surface area contributed by atoms with E-state index in [0.29, 0.717) is 12.0 Å². The number of rotatable bonds is 7. The van der Waals surface area contributed by atoms with Gasteiger partial charge >= 0.3 is 0 Å². The fourth-order valence-electron chi connectivity index (χ4n) is 3.15. The fraction of sp³-hybridized carbons (Fsp3) is 0.667. The molecule has 1 saturated carbocycles. The Morgan fingerprint density at radius 1 is 1.14 bits per heavy atom. The Morgan fingerprint density at radius 2 is 1.95 bits per heavy atom. The average molecular weight is 291 g/mol. The molecule has 1 aromatic rings. The van der Waals surface area contributed by atoms with Crippen molar-refractivity contribution < 1.29 is 9.47 Å². The highest BCUT2D eigenvalue weighted by Crippen LogP contribution is 2.35. The van der Waals surface area contributed by atoms with Gasteiger partial charge in [-0.2, -0.15) is 0 Å². The minimum atomic E-state index is 0.345. The van der Waals surface area contributed by atoms with Crippen LogP contribution in [0.25, 0.3) is 0 Å². The minimum Gasteiger partial charge on any atom is -0.493 e. The van der Waals surface area contributed by atoms with Gasteiger partial charge in [-0.15, -0.1) is 0 Å². The summed E-state index contributed by atoms with van der Waals surface area (Å²) in [6.07, 6.45) is 6.63. The van der Waals surface area contributed by atoms with E-state index in [-0.39, 0.29) is 0 Å². The van der Waals surface area contributed by atoms with Gasteiger partial charge in [-0.3, -0.25) is 0 Å². The van der Waals surface area contributed by atoms with Gasteiger partial charge in [0.05, 0.1) is 7.11 Å². The van der Waals surface area contributed by atoms with Crippen LogP contribution in [0.5, 0.6) is 11.5 Å². The topological polar surface area (TPSA) is 30.5 Å². The highest BCUT2D eigenvalue weighted by Gasteiger charge is 2.26. The molecule has 0 radical (unpaired) electrons. The molecule has 0 aliphatic heterocycles. The molecule has 1 fully saturated rings. The summed E-state index contributed by atoms with van der Waals surface area (Å²) in [6, 6.07) is 6.28. The summed E-state index contributed by atoms with van der Waals surface area (Å²) in [7, 11) is 1.72. The van der Waals surface area contributed by atoms with E-state index in [1.807, 2.05) is 0 Å². The van der Waals surface area contributed by atoms with Crippen molar-refractivity contribution in [3.05, 3.63) is 23.8 Å². The second-order valence-corrected chi connectivity index (χ2v) is 5.87. The SMILES string of the molecule is CCNCc1ccc(OC2CCCCC2CC)c(OC)c1. The van der Waals surface area contributed by atoms with Crippen molar-refractivity contribution >= 4 is 0 Å². The zero-order valence-electron chi connectivity index (χ0n) is 13.7. The van der Waals surface area contributed by atoms with Gasteiger partial charge < -0.3 is 14.8 Å². The number of hydrogen-bond acceptors (Lipinski definition) is 3. The minimum absolute atomic E-state index is 0.345. The standard InChI is InChI=1S/C18H29NO2/c1-4-15-8-6-7-9-16(15)21-17-11-10-14(13-19-5-2)12-18(17)20-3/h10-12,15-16,19H,4-9,13H2,1-3H3. The van der Waals surface area contributed by atoms with Gasteiger partial charge in [0.15, 0.2) is 11.5 Å². The number of methoxy groups -OCH3 is 1.